The summed E-state index contributed by atoms with van der Waals surface area (Å²) in [5.41, 5.74) is 3.44. The average Bonchev–Trinajstić information content (AvgIpc) is 2.47. The third-order valence-corrected chi connectivity index (χ3v) is 3.69. The van der Waals surface area contributed by atoms with E-state index < -0.39 is 0 Å². The van der Waals surface area contributed by atoms with Crippen molar-refractivity contribution in [3.8, 4) is 16.9 Å². The quantitative estimate of drug-likeness (QED) is 0.721. The number of hydrogen-bond donors (Lipinski definition) is 1. The molecule has 0 aliphatic rings. The largest absolute Gasteiger partial charge is 0.508 e. The highest BCUT2D eigenvalue weighted by Gasteiger charge is 2.12. The SMILES string of the molecule is CCc1ccccc1-c1cc2cc(O)cc(C)c2oc1=O. The number of fused-ring (bicyclic) bond motifs is 1. The Balaban J connectivity index is 2.34. The third kappa shape index (κ3) is 2.31. The van der Waals surface area contributed by atoms with E-state index in [2.05, 4.69) is 6.92 Å². The molecule has 0 saturated carbocycles. The summed E-state index contributed by atoms with van der Waals surface area (Å²) < 4.78 is 5.47. The fourth-order valence-electron chi connectivity index (χ4n) is 2.67. The van der Waals surface area contributed by atoms with Gasteiger partial charge in [0.25, 0.3) is 0 Å². The van der Waals surface area contributed by atoms with Crippen LogP contribution in [0.1, 0.15) is 18.1 Å². The minimum Gasteiger partial charge on any atom is -0.508 e. The van der Waals surface area contributed by atoms with Crippen molar-refractivity contribution in [2.24, 2.45) is 0 Å². The molecule has 0 aliphatic carbocycles. The number of hydrogen-bond acceptors (Lipinski definition) is 3. The van der Waals surface area contributed by atoms with Crippen molar-refractivity contribution in [1.29, 1.82) is 0 Å². The zero-order valence-corrected chi connectivity index (χ0v) is 12.0. The first-order valence-electron chi connectivity index (χ1n) is 6.96. The molecule has 0 unspecified atom stereocenters. The summed E-state index contributed by atoms with van der Waals surface area (Å²) in [4.78, 5) is 12.3. The monoisotopic (exact) mass is 280 g/mol. The highest BCUT2D eigenvalue weighted by molar-refractivity contribution is 5.85. The van der Waals surface area contributed by atoms with E-state index in [1.165, 1.54) is 0 Å². The van der Waals surface area contributed by atoms with E-state index >= 15 is 0 Å². The lowest BCUT2D eigenvalue weighted by molar-refractivity contribution is 0.474. The molecule has 3 aromatic rings. The lowest BCUT2D eigenvalue weighted by Crippen LogP contribution is -2.04. The number of phenolic OH excluding ortho intramolecular Hbond substituents is 1. The Kier molecular flexibility index (Phi) is 3.26. The second-order valence-electron chi connectivity index (χ2n) is 5.14. The van der Waals surface area contributed by atoms with Crippen LogP contribution >= 0.6 is 0 Å². The van der Waals surface area contributed by atoms with Crippen molar-refractivity contribution in [3.63, 3.8) is 0 Å². The molecule has 106 valence electrons. The minimum atomic E-state index is -0.350. The number of phenols is 1. The van der Waals surface area contributed by atoms with E-state index in [4.69, 9.17) is 4.42 Å². The Labute approximate surface area is 122 Å². The van der Waals surface area contributed by atoms with Crippen LogP contribution < -0.4 is 5.63 Å². The molecule has 0 radical (unpaired) electrons. The first kappa shape index (κ1) is 13.4. The molecule has 1 N–H and O–H groups in total. The van der Waals surface area contributed by atoms with E-state index in [1.54, 1.807) is 18.2 Å². The topological polar surface area (TPSA) is 50.4 Å². The Hall–Kier alpha value is -2.55. The predicted octanol–water partition coefficient (Wildman–Crippen LogP) is 4.04. The van der Waals surface area contributed by atoms with E-state index in [0.29, 0.717) is 11.1 Å². The Bertz CT molecular complexity index is 875. The van der Waals surface area contributed by atoms with Gasteiger partial charge in [-0.3, -0.25) is 0 Å². The molecule has 3 heteroatoms. The summed E-state index contributed by atoms with van der Waals surface area (Å²) in [6.45, 7) is 3.86. The van der Waals surface area contributed by atoms with Crippen LogP contribution in [-0.2, 0) is 6.42 Å². The molecular weight excluding hydrogens is 264 g/mol. The standard InChI is InChI=1S/C18H16O3/c1-3-12-6-4-5-7-15(12)16-10-13-9-14(19)8-11(2)17(13)21-18(16)20/h4-10,19H,3H2,1-2H3. The van der Waals surface area contributed by atoms with Gasteiger partial charge in [-0.1, -0.05) is 31.2 Å². The molecule has 0 amide bonds. The van der Waals surface area contributed by atoms with E-state index in [-0.39, 0.29) is 11.4 Å². The molecule has 3 rings (SSSR count). The molecule has 1 heterocycles. The minimum absolute atomic E-state index is 0.170. The number of rotatable bonds is 2. The molecule has 0 aliphatic heterocycles. The van der Waals surface area contributed by atoms with Crippen molar-refractivity contribution in [2.75, 3.05) is 0 Å². The molecule has 21 heavy (non-hydrogen) atoms. The molecule has 0 atom stereocenters. The molecule has 1 aromatic heterocycles. The van der Waals surface area contributed by atoms with Crippen LogP contribution in [0.25, 0.3) is 22.1 Å². The van der Waals surface area contributed by atoms with Gasteiger partial charge >= 0.3 is 5.63 Å². The highest BCUT2D eigenvalue weighted by atomic mass is 16.4. The number of aryl methyl sites for hydroxylation is 2. The molecule has 2 aromatic carbocycles. The maximum absolute atomic E-state index is 12.3. The van der Waals surface area contributed by atoms with Crippen LogP contribution in [0.5, 0.6) is 5.75 Å². The van der Waals surface area contributed by atoms with Crippen molar-refractivity contribution < 1.29 is 9.52 Å². The van der Waals surface area contributed by atoms with Crippen LogP contribution in [0.3, 0.4) is 0 Å². The Morgan fingerprint density at radius 2 is 1.86 bits per heavy atom. The zero-order chi connectivity index (χ0) is 15.0. The van der Waals surface area contributed by atoms with Crippen molar-refractivity contribution >= 4 is 11.0 Å². The normalized spacial score (nSPS) is 11.0. The van der Waals surface area contributed by atoms with E-state index in [0.717, 1.165) is 28.5 Å². The zero-order valence-electron chi connectivity index (χ0n) is 12.0. The van der Waals surface area contributed by atoms with Gasteiger partial charge in [0.1, 0.15) is 11.3 Å². The van der Waals surface area contributed by atoms with Crippen molar-refractivity contribution in [1.82, 2.24) is 0 Å². The van der Waals surface area contributed by atoms with Gasteiger partial charge in [0.15, 0.2) is 0 Å². The second-order valence-corrected chi connectivity index (χ2v) is 5.14. The first-order valence-corrected chi connectivity index (χ1v) is 6.96. The summed E-state index contributed by atoms with van der Waals surface area (Å²) in [5, 5.41) is 10.5. The molecular formula is C18H16O3. The maximum atomic E-state index is 12.3. The highest BCUT2D eigenvalue weighted by Crippen LogP contribution is 2.28. The summed E-state index contributed by atoms with van der Waals surface area (Å²) in [7, 11) is 0. The molecule has 0 saturated heterocycles. The summed E-state index contributed by atoms with van der Waals surface area (Å²) in [6.07, 6.45) is 0.840. The van der Waals surface area contributed by atoms with Gasteiger partial charge in [-0.15, -0.1) is 0 Å². The van der Waals surface area contributed by atoms with Crippen LogP contribution in [0.4, 0.5) is 0 Å². The summed E-state index contributed by atoms with van der Waals surface area (Å²) in [5.74, 6) is 0.170. The molecule has 0 bridgehead atoms. The van der Waals surface area contributed by atoms with Crippen LogP contribution in [-0.4, -0.2) is 5.11 Å². The summed E-state index contributed by atoms with van der Waals surface area (Å²) in [6, 6.07) is 12.8. The maximum Gasteiger partial charge on any atom is 0.344 e. The molecule has 3 nitrogen and oxygen atoms in total. The molecule has 0 fully saturated rings. The van der Waals surface area contributed by atoms with Gasteiger partial charge in [-0.2, -0.15) is 0 Å². The smallest absolute Gasteiger partial charge is 0.344 e. The fourth-order valence-corrected chi connectivity index (χ4v) is 2.67. The van der Waals surface area contributed by atoms with Crippen LogP contribution in [0.15, 0.2) is 51.7 Å². The van der Waals surface area contributed by atoms with Crippen molar-refractivity contribution in [2.45, 2.75) is 20.3 Å². The lowest BCUT2D eigenvalue weighted by Gasteiger charge is -2.08. The third-order valence-electron chi connectivity index (χ3n) is 3.69. The van der Waals surface area contributed by atoms with Gasteiger partial charge < -0.3 is 9.52 Å². The Morgan fingerprint density at radius 1 is 1.10 bits per heavy atom. The summed E-state index contributed by atoms with van der Waals surface area (Å²) >= 11 is 0. The second kappa shape index (κ2) is 5.09. The number of aromatic hydroxyl groups is 1. The Morgan fingerprint density at radius 3 is 2.62 bits per heavy atom. The predicted molar refractivity (Wildman–Crippen MR) is 83.7 cm³/mol. The fraction of sp³-hybridized carbons (Fsp3) is 0.167. The van der Waals surface area contributed by atoms with E-state index in [9.17, 15) is 9.90 Å². The van der Waals surface area contributed by atoms with Crippen molar-refractivity contribution in [3.05, 3.63) is 64.0 Å². The van der Waals surface area contributed by atoms with E-state index in [1.807, 2.05) is 31.2 Å². The first-order chi connectivity index (χ1) is 10.1. The lowest BCUT2D eigenvalue weighted by atomic mass is 9.98. The van der Waals surface area contributed by atoms with Gasteiger partial charge in [0, 0.05) is 5.39 Å². The average molecular weight is 280 g/mol. The van der Waals surface area contributed by atoms with Crippen LogP contribution in [0.2, 0.25) is 0 Å². The van der Waals surface area contributed by atoms with Gasteiger partial charge in [0.2, 0.25) is 0 Å². The number of benzene rings is 2. The van der Waals surface area contributed by atoms with Gasteiger partial charge in [0.05, 0.1) is 5.56 Å². The van der Waals surface area contributed by atoms with Crippen LogP contribution in [0, 0.1) is 6.92 Å². The van der Waals surface area contributed by atoms with Gasteiger partial charge in [-0.25, -0.2) is 4.79 Å². The molecule has 0 spiro atoms. The van der Waals surface area contributed by atoms with Gasteiger partial charge in [-0.05, 0) is 48.2 Å².